The van der Waals surface area contributed by atoms with Crippen molar-refractivity contribution >= 4 is 0 Å². The molecule has 112 valence electrons. The van der Waals surface area contributed by atoms with Crippen LogP contribution in [0.2, 0.25) is 0 Å². The first kappa shape index (κ1) is 15.6. The van der Waals surface area contributed by atoms with Crippen molar-refractivity contribution < 1.29 is 4.74 Å². The molecule has 0 aliphatic carbocycles. The summed E-state index contributed by atoms with van der Waals surface area (Å²) in [6.45, 7) is 6.34. The molecule has 2 rings (SSSR count). The molecule has 0 fully saturated rings. The highest BCUT2D eigenvalue weighted by Gasteiger charge is 2.20. The standard InChI is InChI=1S/C19H25NO/c1-4-15-9-7-11-17(13-15)21-19(18(20)5-2)16-10-6-8-14(3)12-16/h6-13,18-19H,4-5,20H2,1-3H3. The third-order valence-electron chi connectivity index (χ3n) is 3.80. The Morgan fingerprint density at radius 2 is 1.81 bits per heavy atom. The van der Waals surface area contributed by atoms with E-state index in [-0.39, 0.29) is 12.1 Å². The third kappa shape index (κ3) is 4.08. The monoisotopic (exact) mass is 283 g/mol. The van der Waals surface area contributed by atoms with E-state index in [1.54, 1.807) is 0 Å². The molecule has 0 spiro atoms. The van der Waals surface area contributed by atoms with Crippen LogP contribution in [0.25, 0.3) is 0 Å². The molecule has 0 amide bonds. The molecule has 0 radical (unpaired) electrons. The van der Waals surface area contributed by atoms with Crippen LogP contribution < -0.4 is 10.5 Å². The van der Waals surface area contributed by atoms with E-state index in [2.05, 4.69) is 57.2 Å². The van der Waals surface area contributed by atoms with Gasteiger partial charge < -0.3 is 10.5 Å². The number of aryl methyl sites for hydroxylation is 2. The molecule has 0 aromatic heterocycles. The molecule has 21 heavy (non-hydrogen) atoms. The first-order valence-corrected chi connectivity index (χ1v) is 7.71. The normalized spacial score (nSPS) is 13.7. The highest BCUT2D eigenvalue weighted by atomic mass is 16.5. The minimum Gasteiger partial charge on any atom is -0.484 e. The van der Waals surface area contributed by atoms with E-state index in [0.29, 0.717) is 0 Å². The lowest BCUT2D eigenvalue weighted by Gasteiger charge is -2.25. The summed E-state index contributed by atoms with van der Waals surface area (Å²) in [5.41, 5.74) is 9.94. The Bertz CT molecular complexity index is 579. The summed E-state index contributed by atoms with van der Waals surface area (Å²) in [5.74, 6) is 0.893. The number of benzene rings is 2. The molecule has 2 aromatic carbocycles. The van der Waals surface area contributed by atoms with Crippen LogP contribution in [0.3, 0.4) is 0 Å². The minimum absolute atomic E-state index is 0.0166. The molecule has 2 unspecified atom stereocenters. The zero-order chi connectivity index (χ0) is 15.2. The smallest absolute Gasteiger partial charge is 0.139 e. The van der Waals surface area contributed by atoms with Crippen LogP contribution in [0.5, 0.6) is 5.75 Å². The van der Waals surface area contributed by atoms with Crippen molar-refractivity contribution in [3.05, 3.63) is 65.2 Å². The zero-order valence-corrected chi connectivity index (χ0v) is 13.2. The van der Waals surface area contributed by atoms with Crippen LogP contribution in [0.15, 0.2) is 48.5 Å². The van der Waals surface area contributed by atoms with Gasteiger partial charge in [0.15, 0.2) is 0 Å². The zero-order valence-electron chi connectivity index (χ0n) is 13.2. The summed E-state index contributed by atoms with van der Waals surface area (Å²) >= 11 is 0. The maximum atomic E-state index is 6.29. The maximum absolute atomic E-state index is 6.29. The van der Waals surface area contributed by atoms with Gasteiger partial charge in [-0.2, -0.15) is 0 Å². The predicted molar refractivity (Wildman–Crippen MR) is 88.6 cm³/mol. The number of rotatable bonds is 6. The fourth-order valence-corrected chi connectivity index (χ4v) is 2.45. The molecule has 0 aliphatic heterocycles. The molecule has 2 nitrogen and oxygen atoms in total. The summed E-state index contributed by atoms with van der Waals surface area (Å²) in [7, 11) is 0. The van der Waals surface area contributed by atoms with Crippen molar-refractivity contribution in [2.45, 2.75) is 45.8 Å². The van der Waals surface area contributed by atoms with Gasteiger partial charge >= 0.3 is 0 Å². The highest BCUT2D eigenvalue weighted by Crippen LogP contribution is 2.26. The van der Waals surface area contributed by atoms with Gasteiger partial charge in [-0.15, -0.1) is 0 Å². The van der Waals surface area contributed by atoms with Crippen molar-refractivity contribution in [2.24, 2.45) is 5.73 Å². The van der Waals surface area contributed by atoms with Crippen molar-refractivity contribution in [3.8, 4) is 5.75 Å². The van der Waals surface area contributed by atoms with Gasteiger partial charge in [-0.05, 0) is 43.0 Å². The van der Waals surface area contributed by atoms with Crippen molar-refractivity contribution in [1.82, 2.24) is 0 Å². The SMILES string of the molecule is CCc1cccc(OC(c2cccc(C)c2)C(N)CC)c1. The molecular weight excluding hydrogens is 258 g/mol. The van der Waals surface area contributed by atoms with Crippen molar-refractivity contribution in [2.75, 3.05) is 0 Å². The molecule has 2 aromatic rings. The molecule has 0 aliphatic rings. The maximum Gasteiger partial charge on any atom is 0.139 e. The summed E-state index contributed by atoms with van der Waals surface area (Å²) in [5, 5.41) is 0. The Kier molecular flexibility index (Phi) is 5.40. The Hall–Kier alpha value is -1.80. The average Bonchev–Trinajstić information content (AvgIpc) is 2.52. The molecule has 2 N–H and O–H groups in total. The summed E-state index contributed by atoms with van der Waals surface area (Å²) < 4.78 is 6.23. The van der Waals surface area contributed by atoms with E-state index in [4.69, 9.17) is 10.5 Å². The Morgan fingerprint density at radius 3 is 2.48 bits per heavy atom. The second kappa shape index (κ2) is 7.28. The Labute approximate surface area is 127 Å². The van der Waals surface area contributed by atoms with Crippen molar-refractivity contribution in [3.63, 3.8) is 0 Å². The van der Waals surface area contributed by atoms with Crippen LogP contribution in [-0.2, 0) is 6.42 Å². The predicted octanol–water partition coefficient (Wildman–Crippen LogP) is 4.41. The second-order valence-corrected chi connectivity index (χ2v) is 5.53. The molecule has 0 bridgehead atoms. The average molecular weight is 283 g/mol. The molecule has 0 saturated carbocycles. The van der Waals surface area contributed by atoms with E-state index in [9.17, 15) is 0 Å². The van der Waals surface area contributed by atoms with Gasteiger partial charge in [0.1, 0.15) is 11.9 Å². The number of hydrogen-bond acceptors (Lipinski definition) is 2. The van der Waals surface area contributed by atoms with E-state index < -0.39 is 0 Å². The Morgan fingerprint density at radius 1 is 1.05 bits per heavy atom. The van der Waals surface area contributed by atoms with E-state index in [1.165, 1.54) is 11.1 Å². The van der Waals surface area contributed by atoms with Crippen LogP contribution in [0.4, 0.5) is 0 Å². The van der Waals surface area contributed by atoms with Gasteiger partial charge in [0.2, 0.25) is 0 Å². The van der Waals surface area contributed by atoms with E-state index in [0.717, 1.165) is 24.2 Å². The van der Waals surface area contributed by atoms with E-state index in [1.807, 2.05) is 12.1 Å². The van der Waals surface area contributed by atoms with Gasteiger partial charge in [-0.25, -0.2) is 0 Å². The first-order chi connectivity index (χ1) is 10.1. The fourth-order valence-electron chi connectivity index (χ4n) is 2.45. The number of hydrogen-bond donors (Lipinski definition) is 1. The lowest BCUT2D eigenvalue weighted by Crippen LogP contribution is -2.31. The van der Waals surface area contributed by atoms with Gasteiger partial charge in [-0.3, -0.25) is 0 Å². The lowest BCUT2D eigenvalue weighted by atomic mass is 9.99. The second-order valence-electron chi connectivity index (χ2n) is 5.53. The van der Waals surface area contributed by atoms with Crippen molar-refractivity contribution in [1.29, 1.82) is 0 Å². The van der Waals surface area contributed by atoms with E-state index >= 15 is 0 Å². The molecule has 0 saturated heterocycles. The summed E-state index contributed by atoms with van der Waals surface area (Å²) in [4.78, 5) is 0. The minimum atomic E-state index is -0.109. The summed E-state index contributed by atoms with van der Waals surface area (Å²) in [6, 6.07) is 16.7. The van der Waals surface area contributed by atoms with Crippen LogP contribution in [0, 0.1) is 6.92 Å². The van der Waals surface area contributed by atoms with Gasteiger partial charge in [0.25, 0.3) is 0 Å². The fraction of sp³-hybridized carbons (Fsp3) is 0.368. The van der Waals surface area contributed by atoms with Gasteiger partial charge in [0, 0.05) is 6.04 Å². The number of ether oxygens (including phenoxy) is 1. The lowest BCUT2D eigenvalue weighted by molar-refractivity contribution is 0.171. The summed E-state index contributed by atoms with van der Waals surface area (Å²) in [6.07, 6.45) is 1.78. The van der Waals surface area contributed by atoms with Crippen LogP contribution in [0.1, 0.15) is 43.1 Å². The molecule has 2 heteroatoms. The van der Waals surface area contributed by atoms with Gasteiger partial charge in [0.05, 0.1) is 0 Å². The third-order valence-corrected chi connectivity index (χ3v) is 3.80. The highest BCUT2D eigenvalue weighted by molar-refractivity contribution is 5.31. The van der Waals surface area contributed by atoms with Crippen LogP contribution >= 0.6 is 0 Å². The quantitative estimate of drug-likeness (QED) is 0.852. The first-order valence-electron chi connectivity index (χ1n) is 7.71. The van der Waals surface area contributed by atoms with Crippen LogP contribution in [-0.4, -0.2) is 6.04 Å². The Balaban J connectivity index is 2.28. The topological polar surface area (TPSA) is 35.2 Å². The van der Waals surface area contributed by atoms with Gasteiger partial charge in [-0.1, -0.05) is 55.8 Å². The molecule has 2 atom stereocenters. The molecular formula is C19H25NO. The number of nitrogens with two attached hydrogens (primary N) is 1. The largest absolute Gasteiger partial charge is 0.484 e. The molecule has 0 heterocycles.